The third-order valence-electron chi connectivity index (χ3n) is 4.91. The van der Waals surface area contributed by atoms with E-state index < -0.39 is 5.97 Å². The van der Waals surface area contributed by atoms with Crippen molar-refractivity contribution in [2.24, 2.45) is 0 Å². The van der Waals surface area contributed by atoms with Crippen LogP contribution in [0.2, 0.25) is 0 Å². The molecule has 3 aromatic carbocycles. The Bertz CT molecular complexity index is 1130. The topological polar surface area (TPSA) is 117 Å². The maximum absolute atomic E-state index is 12.4. The third kappa shape index (κ3) is 7.98. The number of rotatable bonds is 10. The number of carboxylic acids is 1. The van der Waals surface area contributed by atoms with E-state index in [1.54, 1.807) is 48.5 Å². The monoisotopic (exact) mass is 461 g/mol. The summed E-state index contributed by atoms with van der Waals surface area (Å²) < 4.78 is 5.48. The standard InChI is InChI=1S/C26H27N3O5/c1-18-5-2-3-6-23(18)29-26(33)28-21-10-8-19(9-11-21)17-24(30)27-20-12-14-22(15-13-20)34-16-4-7-25(31)32/h2-3,5-6,8-15H,4,7,16-17H2,1H3,(H,27,30)(H,31,32)(H2,28,29,33). The highest BCUT2D eigenvalue weighted by Gasteiger charge is 2.07. The molecule has 0 bridgehead atoms. The first-order chi connectivity index (χ1) is 16.4. The molecular weight excluding hydrogens is 434 g/mol. The predicted octanol–water partition coefficient (Wildman–Crippen LogP) is 5.06. The fourth-order valence-corrected chi connectivity index (χ4v) is 3.14. The van der Waals surface area contributed by atoms with E-state index in [2.05, 4.69) is 16.0 Å². The summed E-state index contributed by atoms with van der Waals surface area (Å²) in [7, 11) is 0. The van der Waals surface area contributed by atoms with E-state index in [1.807, 2.05) is 31.2 Å². The van der Waals surface area contributed by atoms with Crippen LogP contribution in [0.15, 0.2) is 72.8 Å². The Hall–Kier alpha value is -4.33. The number of carbonyl (C=O) groups is 3. The Kier molecular flexibility index (Phi) is 8.62. The van der Waals surface area contributed by atoms with Crippen molar-refractivity contribution in [2.75, 3.05) is 22.6 Å². The van der Waals surface area contributed by atoms with E-state index in [-0.39, 0.29) is 24.8 Å². The quantitative estimate of drug-likeness (QED) is 0.315. The van der Waals surface area contributed by atoms with Crippen molar-refractivity contribution < 1.29 is 24.2 Å². The maximum Gasteiger partial charge on any atom is 0.323 e. The van der Waals surface area contributed by atoms with Gasteiger partial charge in [0.1, 0.15) is 5.75 Å². The number of hydrogen-bond donors (Lipinski definition) is 4. The molecule has 0 heterocycles. The molecule has 0 spiro atoms. The zero-order valence-electron chi connectivity index (χ0n) is 18.8. The summed E-state index contributed by atoms with van der Waals surface area (Å²) in [5, 5.41) is 17.0. The van der Waals surface area contributed by atoms with E-state index >= 15 is 0 Å². The van der Waals surface area contributed by atoms with Crippen molar-refractivity contribution in [3.63, 3.8) is 0 Å². The molecule has 0 unspecified atom stereocenters. The molecule has 0 aliphatic heterocycles. The van der Waals surface area contributed by atoms with Crippen molar-refractivity contribution in [3.05, 3.63) is 83.9 Å². The highest BCUT2D eigenvalue weighted by Crippen LogP contribution is 2.18. The maximum atomic E-state index is 12.4. The minimum Gasteiger partial charge on any atom is -0.494 e. The second-order valence-electron chi connectivity index (χ2n) is 7.69. The zero-order valence-corrected chi connectivity index (χ0v) is 18.8. The molecule has 8 heteroatoms. The number of benzene rings is 3. The average molecular weight is 462 g/mol. The molecule has 4 N–H and O–H groups in total. The Morgan fingerprint density at radius 2 is 1.47 bits per heavy atom. The molecule has 176 valence electrons. The first-order valence-corrected chi connectivity index (χ1v) is 10.9. The molecule has 0 saturated heterocycles. The Labute approximate surface area is 198 Å². The van der Waals surface area contributed by atoms with Gasteiger partial charge in [-0.05, 0) is 66.9 Å². The van der Waals surface area contributed by atoms with Crippen LogP contribution in [0.3, 0.4) is 0 Å². The minimum absolute atomic E-state index is 0.0613. The molecule has 0 aromatic heterocycles. The van der Waals surface area contributed by atoms with Gasteiger partial charge in [-0.3, -0.25) is 9.59 Å². The van der Waals surface area contributed by atoms with Gasteiger partial charge in [-0.25, -0.2) is 4.79 Å². The molecule has 3 aromatic rings. The lowest BCUT2D eigenvalue weighted by atomic mass is 10.1. The summed E-state index contributed by atoms with van der Waals surface area (Å²) >= 11 is 0. The van der Waals surface area contributed by atoms with Gasteiger partial charge in [0.15, 0.2) is 0 Å². The predicted molar refractivity (Wildman–Crippen MR) is 131 cm³/mol. The van der Waals surface area contributed by atoms with Gasteiger partial charge in [-0.2, -0.15) is 0 Å². The normalized spacial score (nSPS) is 10.3. The van der Waals surface area contributed by atoms with Crippen molar-refractivity contribution in [1.82, 2.24) is 0 Å². The highest BCUT2D eigenvalue weighted by molar-refractivity contribution is 6.00. The average Bonchev–Trinajstić information content (AvgIpc) is 2.80. The van der Waals surface area contributed by atoms with Gasteiger partial charge in [0.2, 0.25) is 5.91 Å². The number of urea groups is 1. The molecule has 34 heavy (non-hydrogen) atoms. The van der Waals surface area contributed by atoms with Gasteiger partial charge < -0.3 is 25.8 Å². The van der Waals surface area contributed by atoms with Crippen LogP contribution in [0.4, 0.5) is 21.9 Å². The van der Waals surface area contributed by atoms with Crippen LogP contribution in [0.25, 0.3) is 0 Å². The van der Waals surface area contributed by atoms with Crippen LogP contribution in [0.5, 0.6) is 5.75 Å². The number of anilines is 3. The summed E-state index contributed by atoms with van der Waals surface area (Å²) in [6, 6.07) is 21.1. The zero-order chi connectivity index (χ0) is 24.3. The summed E-state index contributed by atoms with van der Waals surface area (Å²) in [5.74, 6) is -0.415. The van der Waals surface area contributed by atoms with Gasteiger partial charge in [-0.1, -0.05) is 30.3 Å². The number of amides is 3. The molecular formula is C26H27N3O5. The third-order valence-corrected chi connectivity index (χ3v) is 4.91. The molecule has 3 amide bonds. The van der Waals surface area contributed by atoms with E-state index in [9.17, 15) is 14.4 Å². The second-order valence-corrected chi connectivity index (χ2v) is 7.69. The summed E-state index contributed by atoms with van der Waals surface area (Å²) in [5.41, 5.74) is 3.77. The highest BCUT2D eigenvalue weighted by atomic mass is 16.5. The lowest BCUT2D eigenvalue weighted by Crippen LogP contribution is -2.20. The fourth-order valence-electron chi connectivity index (χ4n) is 3.14. The van der Waals surface area contributed by atoms with Crippen LogP contribution in [-0.4, -0.2) is 29.6 Å². The van der Waals surface area contributed by atoms with Gasteiger partial charge in [0.25, 0.3) is 0 Å². The van der Waals surface area contributed by atoms with Gasteiger partial charge >= 0.3 is 12.0 Å². The van der Waals surface area contributed by atoms with Gasteiger partial charge in [-0.15, -0.1) is 0 Å². The van der Waals surface area contributed by atoms with Crippen molar-refractivity contribution in [1.29, 1.82) is 0 Å². The first kappa shape index (κ1) is 24.3. The van der Waals surface area contributed by atoms with E-state index in [0.717, 1.165) is 16.8 Å². The number of carbonyl (C=O) groups excluding carboxylic acids is 2. The molecule has 0 fully saturated rings. The van der Waals surface area contributed by atoms with Gasteiger partial charge in [0, 0.05) is 23.5 Å². The molecule has 0 aliphatic rings. The molecule has 0 atom stereocenters. The Balaban J connectivity index is 1.44. The Morgan fingerprint density at radius 1 is 0.824 bits per heavy atom. The number of ether oxygens (including phenoxy) is 1. The van der Waals surface area contributed by atoms with Crippen molar-refractivity contribution >= 4 is 35.0 Å². The van der Waals surface area contributed by atoms with E-state index in [4.69, 9.17) is 9.84 Å². The fraction of sp³-hybridized carbons (Fsp3) is 0.192. The number of nitrogens with one attached hydrogen (secondary N) is 3. The van der Waals surface area contributed by atoms with Crippen molar-refractivity contribution in [3.8, 4) is 5.75 Å². The van der Waals surface area contributed by atoms with Gasteiger partial charge in [0.05, 0.1) is 13.0 Å². The van der Waals surface area contributed by atoms with E-state index in [1.165, 1.54) is 0 Å². The van der Waals surface area contributed by atoms with Crippen LogP contribution >= 0.6 is 0 Å². The molecule has 3 rings (SSSR count). The number of aryl methyl sites for hydroxylation is 1. The lowest BCUT2D eigenvalue weighted by molar-refractivity contribution is -0.137. The van der Waals surface area contributed by atoms with Crippen LogP contribution in [0.1, 0.15) is 24.0 Å². The Morgan fingerprint density at radius 3 is 2.15 bits per heavy atom. The van der Waals surface area contributed by atoms with Crippen LogP contribution < -0.4 is 20.7 Å². The summed E-state index contributed by atoms with van der Waals surface area (Å²) in [4.78, 5) is 35.1. The summed E-state index contributed by atoms with van der Waals surface area (Å²) in [6.45, 7) is 2.24. The number of para-hydroxylation sites is 1. The van der Waals surface area contributed by atoms with Crippen LogP contribution in [0, 0.1) is 6.92 Å². The first-order valence-electron chi connectivity index (χ1n) is 10.9. The van der Waals surface area contributed by atoms with E-state index in [0.29, 0.717) is 30.2 Å². The lowest BCUT2D eigenvalue weighted by Gasteiger charge is -2.10. The molecule has 8 nitrogen and oxygen atoms in total. The smallest absolute Gasteiger partial charge is 0.323 e. The SMILES string of the molecule is Cc1ccccc1NC(=O)Nc1ccc(CC(=O)Nc2ccc(OCCCC(=O)O)cc2)cc1. The molecule has 0 saturated carbocycles. The minimum atomic E-state index is -0.851. The number of hydrogen-bond acceptors (Lipinski definition) is 4. The largest absolute Gasteiger partial charge is 0.494 e. The molecule has 0 radical (unpaired) electrons. The number of carboxylic acid groups (broad SMARTS) is 1. The molecule has 0 aliphatic carbocycles. The van der Waals surface area contributed by atoms with Crippen molar-refractivity contribution in [2.45, 2.75) is 26.2 Å². The van der Waals surface area contributed by atoms with Crippen LogP contribution in [-0.2, 0) is 16.0 Å². The second kappa shape index (κ2) is 12.1. The summed E-state index contributed by atoms with van der Waals surface area (Å²) in [6.07, 6.45) is 0.675. The number of aliphatic carboxylic acids is 1.